The summed E-state index contributed by atoms with van der Waals surface area (Å²) in [4.78, 5) is 24.5. The zero-order valence-electron chi connectivity index (χ0n) is 15.1. The third-order valence-electron chi connectivity index (χ3n) is 4.34. The van der Waals surface area contributed by atoms with Crippen LogP contribution in [0.2, 0.25) is 0 Å². The molecule has 7 heteroatoms. The molecule has 1 saturated heterocycles. The number of rotatable bonds is 6. The van der Waals surface area contributed by atoms with Crippen LogP contribution in [0.5, 0.6) is 17.2 Å². The Kier molecular flexibility index (Phi) is 6.64. The van der Waals surface area contributed by atoms with Crippen LogP contribution in [0, 0.1) is 0 Å². The van der Waals surface area contributed by atoms with Crippen molar-refractivity contribution < 1.29 is 28.5 Å². The normalized spacial score (nSPS) is 18.2. The van der Waals surface area contributed by atoms with E-state index in [-0.39, 0.29) is 0 Å². The van der Waals surface area contributed by atoms with Gasteiger partial charge in [0.05, 0.1) is 27.2 Å². The van der Waals surface area contributed by atoms with Gasteiger partial charge in [0.1, 0.15) is 6.04 Å². The maximum atomic E-state index is 12.4. The van der Waals surface area contributed by atoms with Crippen LogP contribution in [-0.4, -0.2) is 45.9 Å². The molecule has 0 radical (unpaired) electrons. The maximum absolute atomic E-state index is 12.4. The van der Waals surface area contributed by atoms with E-state index in [0.717, 1.165) is 19.4 Å². The molecule has 1 N–H and O–H groups in total. The predicted molar refractivity (Wildman–Crippen MR) is 91.3 cm³/mol. The van der Waals surface area contributed by atoms with Crippen molar-refractivity contribution in [2.75, 3.05) is 27.9 Å². The van der Waals surface area contributed by atoms with Crippen molar-refractivity contribution in [1.29, 1.82) is 0 Å². The second-order valence-corrected chi connectivity index (χ2v) is 5.92. The molecule has 1 aromatic carbocycles. The van der Waals surface area contributed by atoms with Gasteiger partial charge >= 0.3 is 11.9 Å². The molecular formula is C18H25NO6. The average molecular weight is 351 g/mol. The van der Waals surface area contributed by atoms with Crippen LogP contribution < -0.4 is 19.5 Å². The summed E-state index contributed by atoms with van der Waals surface area (Å²) in [6.45, 7) is 2.43. The predicted octanol–water partition coefficient (Wildman–Crippen LogP) is 2.03. The van der Waals surface area contributed by atoms with Gasteiger partial charge < -0.3 is 24.3 Å². The molecule has 0 aromatic heterocycles. The van der Waals surface area contributed by atoms with Crippen molar-refractivity contribution in [2.45, 2.75) is 38.1 Å². The minimum Gasteiger partial charge on any atom is -0.493 e. The average Bonchev–Trinajstić information content (AvgIpc) is 2.66. The van der Waals surface area contributed by atoms with Gasteiger partial charge in [0, 0.05) is 0 Å². The lowest BCUT2D eigenvalue weighted by Gasteiger charge is -2.22. The highest BCUT2D eigenvalue weighted by Gasteiger charge is 2.28. The van der Waals surface area contributed by atoms with Crippen LogP contribution in [0.25, 0.3) is 0 Å². The quantitative estimate of drug-likeness (QED) is 0.620. The molecule has 0 amide bonds. The van der Waals surface area contributed by atoms with Gasteiger partial charge in [0.25, 0.3) is 0 Å². The largest absolute Gasteiger partial charge is 0.493 e. The summed E-state index contributed by atoms with van der Waals surface area (Å²) in [6.07, 6.45) is 2.66. The Labute approximate surface area is 147 Å². The topological polar surface area (TPSA) is 83.1 Å². The number of carbonyl (C=O) groups is 2. The van der Waals surface area contributed by atoms with Gasteiger partial charge in [-0.1, -0.05) is 6.42 Å². The maximum Gasteiger partial charge on any atom is 0.330 e. The Morgan fingerprint density at radius 3 is 2.20 bits per heavy atom. The molecule has 2 rings (SSSR count). The van der Waals surface area contributed by atoms with E-state index in [1.54, 1.807) is 19.1 Å². The number of carbonyl (C=O) groups excluding carboxylic acids is 2. The first-order valence-corrected chi connectivity index (χ1v) is 8.30. The van der Waals surface area contributed by atoms with Crippen LogP contribution in [0.1, 0.15) is 37.7 Å². The molecule has 0 spiro atoms. The fourth-order valence-electron chi connectivity index (χ4n) is 2.80. The molecule has 1 aromatic rings. The fraction of sp³-hybridized carbons (Fsp3) is 0.556. The van der Waals surface area contributed by atoms with Crippen molar-refractivity contribution >= 4 is 11.9 Å². The van der Waals surface area contributed by atoms with E-state index < -0.39 is 23.9 Å². The molecule has 1 unspecified atom stereocenters. The van der Waals surface area contributed by atoms with E-state index in [1.807, 2.05) is 0 Å². The molecule has 25 heavy (non-hydrogen) atoms. The van der Waals surface area contributed by atoms with Gasteiger partial charge in [-0.3, -0.25) is 4.79 Å². The van der Waals surface area contributed by atoms with Crippen molar-refractivity contribution in [1.82, 2.24) is 5.32 Å². The smallest absolute Gasteiger partial charge is 0.330 e. The number of esters is 2. The summed E-state index contributed by atoms with van der Waals surface area (Å²) in [7, 11) is 4.51. The number of ether oxygens (including phenoxy) is 4. The van der Waals surface area contributed by atoms with E-state index in [9.17, 15) is 9.59 Å². The minimum atomic E-state index is -0.652. The van der Waals surface area contributed by atoms with Gasteiger partial charge in [0.2, 0.25) is 5.75 Å². The Bertz CT molecular complexity index is 599. The first kappa shape index (κ1) is 19.1. The van der Waals surface area contributed by atoms with Gasteiger partial charge in [-0.05, 0) is 44.0 Å². The third kappa shape index (κ3) is 4.42. The summed E-state index contributed by atoms with van der Waals surface area (Å²) in [5.41, 5.74) is 0.615. The van der Waals surface area contributed by atoms with Crippen LogP contribution in [0.4, 0.5) is 0 Å². The molecule has 138 valence electrons. The molecule has 1 heterocycles. The Morgan fingerprint density at radius 2 is 1.72 bits per heavy atom. The van der Waals surface area contributed by atoms with E-state index in [4.69, 9.17) is 18.9 Å². The lowest BCUT2D eigenvalue weighted by atomic mass is 10.00. The number of methoxy groups -OCH3 is 3. The first-order valence-electron chi connectivity index (χ1n) is 8.30. The van der Waals surface area contributed by atoms with Crippen LogP contribution in [0.15, 0.2) is 12.1 Å². The lowest BCUT2D eigenvalue weighted by Crippen LogP contribution is -2.42. The van der Waals surface area contributed by atoms with Gasteiger partial charge in [-0.2, -0.15) is 0 Å². The summed E-state index contributed by atoms with van der Waals surface area (Å²) in [6, 6.07) is 2.94. The summed E-state index contributed by atoms with van der Waals surface area (Å²) in [5, 5.41) is 3.07. The zero-order valence-corrected chi connectivity index (χ0v) is 15.1. The second-order valence-electron chi connectivity index (χ2n) is 5.92. The first-order chi connectivity index (χ1) is 12.0. The number of nitrogens with one attached hydrogen (secondary N) is 1. The standard InChI is InChI=1S/C18H25NO6/c1-11(17(20)25-18(21)13-7-5-6-8-19-13)12-9-14(22-2)16(24-4)15(10-12)23-3/h9-11,13,19H,5-8H2,1-4H3/t11-,13?/m0/s1. The van der Waals surface area contributed by atoms with Crippen LogP contribution in [-0.2, 0) is 14.3 Å². The van der Waals surface area contributed by atoms with Crippen molar-refractivity contribution in [3.05, 3.63) is 17.7 Å². The molecular weight excluding hydrogens is 326 g/mol. The molecule has 2 atom stereocenters. The highest BCUT2D eigenvalue weighted by Crippen LogP contribution is 2.40. The Hall–Kier alpha value is -2.28. The Morgan fingerprint density at radius 1 is 1.08 bits per heavy atom. The van der Waals surface area contributed by atoms with E-state index in [0.29, 0.717) is 29.2 Å². The van der Waals surface area contributed by atoms with Gasteiger partial charge in [-0.15, -0.1) is 0 Å². The monoisotopic (exact) mass is 351 g/mol. The third-order valence-corrected chi connectivity index (χ3v) is 4.34. The highest BCUT2D eigenvalue weighted by molar-refractivity contribution is 5.91. The molecule has 1 aliphatic rings. The van der Waals surface area contributed by atoms with Gasteiger partial charge in [0.15, 0.2) is 11.5 Å². The van der Waals surface area contributed by atoms with Gasteiger partial charge in [-0.25, -0.2) is 4.79 Å². The van der Waals surface area contributed by atoms with Crippen LogP contribution >= 0.6 is 0 Å². The SMILES string of the molecule is COc1cc([C@H](C)C(=O)OC(=O)C2CCCCN2)cc(OC)c1OC. The Balaban J connectivity index is 2.14. The second kappa shape index (κ2) is 8.71. The van der Waals surface area contributed by atoms with Crippen molar-refractivity contribution in [2.24, 2.45) is 0 Å². The molecule has 0 aliphatic carbocycles. The van der Waals surface area contributed by atoms with E-state index in [1.165, 1.54) is 21.3 Å². The molecule has 7 nitrogen and oxygen atoms in total. The molecule has 0 bridgehead atoms. The van der Waals surface area contributed by atoms with Crippen LogP contribution in [0.3, 0.4) is 0 Å². The number of piperidine rings is 1. The number of hydrogen-bond acceptors (Lipinski definition) is 7. The molecule has 1 fully saturated rings. The van der Waals surface area contributed by atoms with E-state index >= 15 is 0 Å². The summed E-state index contributed by atoms with van der Waals surface area (Å²) in [5.74, 6) is -0.456. The minimum absolute atomic E-state index is 0.412. The molecule has 0 saturated carbocycles. The summed E-state index contributed by atoms with van der Waals surface area (Å²) < 4.78 is 20.9. The summed E-state index contributed by atoms with van der Waals surface area (Å²) >= 11 is 0. The zero-order chi connectivity index (χ0) is 18.4. The highest BCUT2D eigenvalue weighted by atomic mass is 16.6. The molecule has 1 aliphatic heterocycles. The van der Waals surface area contributed by atoms with Crippen molar-refractivity contribution in [3.63, 3.8) is 0 Å². The lowest BCUT2D eigenvalue weighted by molar-refractivity contribution is -0.162. The number of benzene rings is 1. The van der Waals surface area contributed by atoms with Crippen molar-refractivity contribution in [3.8, 4) is 17.2 Å². The number of hydrogen-bond donors (Lipinski definition) is 1. The van der Waals surface area contributed by atoms with E-state index in [2.05, 4.69) is 5.32 Å². The fourth-order valence-corrected chi connectivity index (χ4v) is 2.80.